The van der Waals surface area contributed by atoms with E-state index < -0.39 is 23.9 Å². The summed E-state index contributed by atoms with van der Waals surface area (Å²) in [6, 6.07) is 8.02. The molecule has 2 aromatic heterocycles. The lowest BCUT2D eigenvalue weighted by Crippen LogP contribution is -2.30. The zero-order valence-corrected chi connectivity index (χ0v) is 17.9. The molecule has 0 saturated carbocycles. The monoisotopic (exact) mass is 423 g/mol. The van der Waals surface area contributed by atoms with Crippen LogP contribution < -0.4 is 11.1 Å². The van der Waals surface area contributed by atoms with E-state index in [2.05, 4.69) is 15.4 Å². The third kappa shape index (κ3) is 5.06. The van der Waals surface area contributed by atoms with Gasteiger partial charge in [-0.15, -0.1) is 0 Å². The molecule has 2 amide bonds. The summed E-state index contributed by atoms with van der Waals surface area (Å²) >= 11 is 0. The highest BCUT2D eigenvalue weighted by atomic mass is 16.5. The molecule has 9 nitrogen and oxygen atoms in total. The first-order chi connectivity index (χ1) is 14.7. The van der Waals surface area contributed by atoms with Crippen molar-refractivity contribution in [3.05, 3.63) is 58.5 Å². The smallest absolute Gasteiger partial charge is 0.306 e. The standard InChI is InChI=1S/C22H25N5O4/c1-12-11-19-24-13(2)18(14(3)27(19)26-12)9-10-20(28)31-15(4)22(30)25-17-7-5-16(6-8-17)21(23)29/h5-8,11,15H,9-10H2,1-4H3,(H2,23,29)(H,25,30)/t15-/m0/s1. The molecule has 2 heterocycles. The van der Waals surface area contributed by atoms with Crippen molar-refractivity contribution in [1.82, 2.24) is 14.6 Å². The topological polar surface area (TPSA) is 129 Å². The van der Waals surface area contributed by atoms with Crippen molar-refractivity contribution in [2.24, 2.45) is 5.73 Å². The quantitative estimate of drug-likeness (QED) is 0.561. The van der Waals surface area contributed by atoms with Crippen molar-refractivity contribution in [3.8, 4) is 0 Å². The van der Waals surface area contributed by atoms with E-state index in [0.717, 1.165) is 28.3 Å². The number of primary amides is 1. The van der Waals surface area contributed by atoms with Crippen molar-refractivity contribution in [3.63, 3.8) is 0 Å². The first kappa shape index (κ1) is 21.9. The van der Waals surface area contributed by atoms with Crippen molar-refractivity contribution < 1.29 is 19.1 Å². The number of rotatable bonds is 7. The zero-order valence-electron chi connectivity index (χ0n) is 17.9. The van der Waals surface area contributed by atoms with Crippen LogP contribution >= 0.6 is 0 Å². The summed E-state index contributed by atoms with van der Waals surface area (Å²) in [4.78, 5) is 40.2. The number of esters is 1. The van der Waals surface area contributed by atoms with Gasteiger partial charge in [-0.25, -0.2) is 9.50 Å². The molecule has 0 bridgehead atoms. The molecule has 0 aliphatic heterocycles. The minimum absolute atomic E-state index is 0.111. The van der Waals surface area contributed by atoms with Crippen LogP contribution in [-0.4, -0.2) is 38.5 Å². The van der Waals surface area contributed by atoms with Crippen LogP contribution in [0.15, 0.2) is 30.3 Å². The maximum absolute atomic E-state index is 12.3. The number of nitrogens with zero attached hydrogens (tertiary/aromatic N) is 3. The summed E-state index contributed by atoms with van der Waals surface area (Å²) in [5.41, 5.74) is 10.3. The molecule has 31 heavy (non-hydrogen) atoms. The van der Waals surface area contributed by atoms with Gasteiger partial charge in [0.15, 0.2) is 11.8 Å². The molecule has 0 saturated heterocycles. The predicted octanol–water partition coefficient (Wildman–Crippen LogP) is 2.26. The van der Waals surface area contributed by atoms with Gasteiger partial charge in [0, 0.05) is 35.1 Å². The average Bonchev–Trinajstić information content (AvgIpc) is 3.08. The highest BCUT2D eigenvalue weighted by Gasteiger charge is 2.19. The lowest BCUT2D eigenvalue weighted by molar-refractivity contribution is -0.153. The molecule has 1 atom stereocenters. The molecule has 9 heteroatoms. The van der Waals surface area contributed by atoms with E-state index in [1.807, 2.05) is 26.8 Å². The van der Waals surface area contributed by atoms with Crippen LogP contribution in [0, 0.1) is 20.8 Å². The Labute approximate surface area is 179 Å². The van der Waals surface area contributed by atoms with Gasteiger partial charge in [-0.05, 0) is 63.9 Å². The third-order valence-electron chi connectivity index (χ3n) is 4.98. The lowest BCUT2D eigenvalue weighted by Gasteiger charge is -2.15. The first-order valence-electron chi connectivity index (χ1n) is 9.88. The SMILES string of the molecule is Cc1cc2nc(C)c(CCC(=O)O[C@@H](C)C(=O)Nc3ccc(C(N)=O)cc3)c(C)n2n1. The number of anilines is 1. The molecule has 0 radical (unpaired) electrons. The summed E-state index contributed by atoms with van der Waals surface area (Å²) in [6.07, 6.45) is -0.429. The molecule has 0 fully saturated rings. The van der Waals surface area contributed by atoms with Crippen LogP contribution in [0.3, 0.4) is 0 Å². The number of carbonyl (C=O) groups is 3. The summed E-state index contributed by atoms with van der Waals surface area (Å²) in [5.74, 6) is -1.51. The Hall–Kier alpha value is -3.75. The van der Waals surface area contributed by atoms with Gasteiger partial charge >= 0.3 is 5.97 Å². The second-order valence-corrected chi connectivity index (χ2v) is 7.38. The molecule has 0 unspecified atom stereocenters. The molecule has 0 spiro atoms. The Kier molecular flexibility index (Phi) is 6.33. The van der Waals surface area contributed by atoms with Crippen molar-refractivity contribution >= 4 is 29.1 Å². The van der Waals surface area contributed by atoms with Crippen LogP contribution in [-0.2, 0) is 20.7 Å². The summed E-state index contributed by atoms with van der Waals surface area (Å²) < 4.78 is 7.04. The number of aryl methyl sites for hydroxylation is 3. The van der Waals surface area contributed by atoms with E-state index in [0.29, 0.717) is 17.7 Å². The van der Waals surface area contributed by atoms with E-state index in [1.54, 1.807) is 16.6 Å². The van der Waals surface area contributed by atoms with Crippen LogP contribution in [0.1, 0.15) is 46.3 Å². The summed E-state index contributed by atoms with van der Waals surface area (Å²) in [5, 5.41) is 7.07. The molecule has 1 aromatic carbocycles. The van der Waals surface area contributed by atoms with Crippen LogP contribution in [0.25, 0.3) is 5.65 Å². The molecular weight excluding hydrogens is 398 g/mol. The number of nitrogens with two attached hydrogens (primary N) is 1. The minimum atomic E-state index is -0.972. The average molecular weight is 423 g/mol. The number of aromatic nitrogens is 3. The first-order valence-corrected chi connectivity index (χ1v) is 9.88. The molecule has 162 valence electrons. The maximum Gasteiger partial charge on any atom is 0.306 e. The zero-order chi connectivity index (χ0) is 22.7. The molecule has 0 aliphatic carbocycles. The van der Waals surface area contributed by atoms with E-state index >= 15 is 0 Å². The number of hydrogen-bond donors (Lipinski definition) is 2. The largest absolute Gasteiger partial charge is 0.453 e. The Balaban J connectivity index is 1.57. The Bertz CT molecular complexity index is 1150. The highest BCUT2D eigenvalue weighted by molar-refractivity contribution is 5.96. The second kappa shape index (κ2) is 8.95. The Morgan fingerprint density at radius 1 is 1.16 bits per heavy atom. The van der Waals surface area contributed by atoms with Gasteiger partial charge in [0.1, 0.15) is 0 Å². The molecule has 3 N–H and O–H groups in total. The fraction of sp³-hybridized carbons (Fsp3) is 0.318. The van der Waals surface area contributed by atoms with Crippen molar-refractivity contribution in [1.29, 1.82) is 0 Å². The number of benzene rings is 1. The Morgan fingerprint density at radius 3 is 2.48 bits per heavy atom. The van der Waals surface area contributed by atoms with Crippen LogP contribution in [0.5, 0.6) is 0 Å². The molecule has 0 aliphatic rings. The number of carbonyl (C=O) groups excluding carboxylic acids is 3. The van der Waals surface area contributed by atoms with Gasteiger partial charge in [-0.1, -0.05) is 0 Å². The number of amides is 2. The summed E-state index contributed by atoms with van der Waals surface area (Å²) in [6.45, 7) is 7.24. The number of hydrogen-bond acceptors (Lipinski definition) is 6. The maximum atomic E-state index is 12.3. The fourth-order valence-corrected chi connectivity index (χ4v) is 3.30. The van der Waals surface area contributed by atoms with Gasteiger partial charge < -0.3 is 15.8 Å². The number of nitrogens with one attached hydrogen (secondary N) is 1. The normalized spacial score (nSPS) is 11.9. The minimum Gasteiger partial charge on any atom is -0.453 e. The van der Waals surface area contributed by atoms with Crippen LogP contribution in [0.4, 0.5) is 5.69 Å². The van der Waals surface area contributed by atoms with E-state index in [9.17, 15) is 14.4 Å². The third-order valence-corrected chi connectivity index (χ3v) is 4.98. The van der Waals surface area contributed by atoms with Gasteiger partial charge in [-0.3, -0.25) is 14.4 Å². The van der Waals surface area contributed by atoms with Gasteiger partial charge in [0.05, 0.1) is 5.69 Å². The van der Waals surface area contributed by atoms with E-state index in [1.165, 1.54) is 19.1 Å². The van der Waals surface area contributed by atoms with Gasteiger partial charge in [0.2, 0.25) is 5.91 Å². The van der Waals surface area contributed by atoms with E-state index in [-0.39, 0.29) is 6.42 Å². The number of fused-ring (bicyclic) bond motifs is 1. The van der Waals surface area contributed by atoms with Crippen molar-refractivity contribution in [2.75, 3.05) is 5.32 Å². The van der Waals surface area contributed by atoms with E-state index in [4.69, 9.17) is 10.5 Å². The van der Waals surface area contributed by atoms with Gasteiger partial charge in [0.25, 0.3) is 5.91 Å². The second-order valence-electron chi connectivity index (χ2n) is 7.38. The molecule has 3 rings (SSSR count). The predicted molar refractivity (Wildman–Crippen MR) is 115 cm³/mol. The number of ether oxygens (including phenoxy) is 1. The van der Waals surface area contributed by atoms with Crippen molar-refractivity contribution in [2.45, 2.75) is 46.6 Å². The molecular formula is C22H25N5O4. The van der Waals surface area contributed by atoms with Gasteiger partial charge in [-0.2, -0.15) is 5.10 Å². The molecule has 3 aromatic rings. The van der Waals surface area contributed by atoms with Crippen LogP contribution in [0.2, 0.25) is 0 Å². The summed E-state index contributed by atoms with van der Waals surface area (Å²) in [7, 11) is 0. The Morgan fingerprint density at radius 2 is 1.84 bits per heavy atom. The fourth-order valence-electron chi connectivity index (χ4n) is 3.30. The highest BCUT2D eigenvalue weighted by Crippen LogP contribution is 2.17. The lowest BCUT2D eigenvalue weighted by atomic mass is 10.1.